The maximum atomic E-state index is 13.5. The number of fused-ring (bicyclic) bond motifs is 2. The van der Waals surface area contributed by atoms with E-state index in [0.717, 1.165) is 10.2 Å². The van der Waals surface area contributed by atoms with Crippen molar-refractivity contribution in [3.63, 3.8) is 0 Å². The van der Waals surface area contributed by atoms with Crippen LogP contribution in [0, 0.1) is 25.2 Å². The van der Waals surface area contributed by atoms with Crippen molar-refractivity contribution in [1.29, 1.82) is 5.26 Å². The van der Waals surface area contributed by atoms with Gasteiger partial charge in [0.15, 0.2) is 17.1 Å². The largest absolute Gasteiger partial charge is 0.586 e. The van der Waals surface area contributed by atoms with Crippen molar-refractivity contribution in [1.82, 2.24) is 9.78 Å². The molecular formula is C26H20F2N4O5. The fourth-order valence-corrected chi connectivity index (χ4v) is 4.36. The Morgan fingerprint density at radius 3 is 2.59 bits per heavy atom. The number of nitrogens with zero attached hydrogens (tertiary/aromatic N) is 4. The van der Waals surface area contributed by atoms with Crippen LogP contribution >= 0.6 is 0 Å². The number of aromatic nitrogens is 2. The first-order valence-electron chi connectivity index (χ1n) is 11.3. The van der Waals surface area contributed by atoms with Crippen molar-refractivity contribution in [3.8, 4) is 28.8 Å². The van der Waals surface area contributed by atoms with Crippen LogP contribution < -0.4 is 19.9 Å². The molecule has 0 fully saturated rings. The number of likely N-dealkylation sites (N-methyl/N-ethyl adjacent to an activating group) is 1. The lowest BCUT2D eigenvalue weighted by Crippen LogP contribution is -2.38. The van der Waals surface area contributed by atoms with E-state index in [0.29, 0.717) is 28.1 Å². The van der Waals surface area contributed by atoms with E-state index in [2.05, 4.69) is 20.6 Å². The third-order valence-corrected chi connectivity index (χ3v) is 5.96. The quantitative estimate of drug-likeness (QED) is 0.391. The molecule has 0 saturated carbocycles. The van der Waals surface area contributed by atoms with Gasteiger partial charge in [0.2, 0.25) is 5.91 Å². The van der Waals surface area contributed by atoms with Crippen LogP contribution in [0.3, 0.4) is 0 Å². The molecule has 0 atom stereocenters. The van der Waals surface area contributed by atoms with Crippen LogP contribution in [-0.2, 0) is 11.3 Å². The first-order chi connectivity index (χ1) is 17.6. The molecule has 0 bridgehead atoms. The predicted octanol–water partition coefficient (Wildman–Crippen LogP) is 4.52. The molecule has 0 spiro atoms. The number of furan rings is 1. The van der Waals surface area contributed by atoms with Gasteiger partial charge in [-0.1, -0.05) is 0 Å². The predicted molar refractivity (Wildman–Crippen MR) is 129 cm³/mol. The lowest BCUT2D eigenvalue weighted by molar-refractivity contribution is -0.286. The number of rotatable bonds is 5. The Hall–Kier alpha value is -4.72. The first-order valence-corrected chi connectivity index (χ1v) is 11.3. The average molecular weight is 506 g/mol. The van der Waals surface area contributed by atoms with Crippen molar-refractivity contribution in [3.05, 3.63) is 69.7 Å². The molecule has 0 unspecified atom stereocenters. The number of amides is 1. The van der Waals surface area contributed by atoms with Gasteiger partial charge in [0.25, 0.3) is 5.56 Å². The van der Waals surface area contributed by atoms with Crippen LogP contribution in [0.1, 0.15) is 23.6 Å². The maximum Gasteiger partial charge on any atom is 0.586 e. The fraction of sp³-hybridized carbons (Fsp3) is 0.231. The Morgan fingerprint density at radius 2 is 1.89 bits per heavy atom. The van der Waals surface area contributed by atoms with Crippen LogP contribution in [0.2, 0.25) is 0 Å². The molecule has 9 nitrogen and oxygen atoms in total. The summed E-state index contributed by atoms with van der Waals surface area (Å²) >= 11 is 0. The van der Waals surface area contributed by atoms with Crippen molar-refractivity contribution in [2.75, 3.05) is 11.4 Å². The molecule has 0 aliphatic carbocycles. The topological polar surface area (TPSA) is 111 Å². The number of ether oxygens (including phenoxy) is 2. The standard InChI is InChI=1S/C26H20F2N4O5/c1-4-31(19-11-21-20(9-15(19)3)36-26(27,28)37-21)22(33)13-32-25(34)18-5-6-35-24(18)23(30-32)17-8-14(2)7-16(10-17)12-29/h5-11H,4,13H2,1-3H3. The second-order valence-electron chi connectivity index (χ2n) is 8.57. The van der Waals surface area contributed by atoms with Gasteiger partial charge in [-0.2, -0.15) is 10.4 Å². The van der Waals surface area contributed by atoms with E-state index >= 15 is 0 Å². The molecule has 3 heterocycles. The summed E-state index contributed by atoms with van der Waals surface area (Å²) in [7, 11) is 0. The fourth-order valence-electron chi connectivity index (χ4n) is 4.36. The number of hydrogen-bond donors (Lipinski definition) is 0. The third-order valence-electron chi connectivity index (χ3n) is 5.96. The molecule has 37 heavy (non-hydrogen) atoms. The van der Waals surface area contributed by atoms with Gasteiger partial charge in [-0.3, -0.25) is 9.59 Å². The Bertz CT molecular complexity index is 1670. The summed E-state index contributed by atoms with van der Waals surface area (Å²) in [5, 5.41) is 14.0. The normalized spacial score (nSPS) is 13.5. The molecule has 4 aromatic rings. The van der Waals surface area contributed by atoms with E-state index in [1.54, 1.807) is 32.0 Å². The number of nitriles is 1. The van der Waals surface area contributed by atoms with Crippen LogP contribution in [0.25, 0.3) is 22.2 Å². The molecule has 0 N–H and O–H groups in total. The molecule has 5 rings (SSSR count). The van der Waals surface area contributed by atoms with E-state index in [-0.39, 0.29) is 29.0 Å². The third kappa shape index (κ3) is 4.27. The Labute approximate surface area is 209 Å². The first kappa shape index (κ1) is 24.0. The van der Waals surface area contributed by atoms with Gasteiger partial charge < -0.3 is 18.8 Å². The number of benzene rings is 2. The minimum Gasteiger partial charge on any atom is -0.462 e. The molecular weight excluding hydrogens is 486 g/mol. The number of aryl methyl sites for hydroxylation is 2. The summed E-state index contributed by atoms with van der Waals surface area (Å²) in [6, 6.07) is 11.4. The zero-order valence-corrected chi connectivity index (χ0v) is 20.0. The van der Waals surface area contributed by atoms with Crippen molar-refractivity contribution in [2.24, 2.45) is 0 Å². The zero-order chi connectivity index (χ0) is 26.5. The summed E-state index contributed by atoms with van der Waals surface area (Å²) in [4.78, 5) is 27.9. The summed E-state index contributed by atoms with van der Waals surface area (Å²) in [6.45, 7) is 4.95. The van der Waals surface area contributed by atoms with E-state index in [4.69, 9.17) is 4.42 Å². The monoisotopic (exact) mass is 506 g/mol. The Kier molecular flexibility index (Phi) is 5.67. The number of hydrogen-bond acceptors (Lipinski definition) is 7. The Morgan fingerprint density at radius 1 is 1.16 bits per heavy atom. The molecule has 11 heteroatoms. The molecule has 1 aliphatic heterocycles. The maximum absolute atomic E-state index is 13.5. The smallest absolute Gasteiger partial charge is 0.462 e. The molecule has 2 aromatic carbocycles. The van der Waals surface area contributed by atoms with Crippen LogP contribution in [0.4, 0.5) is 14.5 Å². The van der Waals surface area contributed by atoms with E-state index < -0.39 is 24.3 Å². The van der Waals surface area contributed by atoms with Gasteiger partial charge in [-0.05, 0) is 62.2 Å². The Balaban J connectivity index is 1.54. The van der Waals surface area contributed by atoms with Gasteiger partial charge in [-0.15, -0.1) is 8.78 Å². The molecule has 0 radical (unpaired) electrons. The number of carbonyl (C=O) groups excluding carboxylic acids is 1. The second-order valence-corrected chi connectivity index (χ2v) is 8.57. The summed E-state index contributed by atoms with van der Waals surface area (Å²) < 4.78 is 42.6. The minimum atomic E-state index is -3.79. The highest BCUT2D eigenvalue weighted by Crippen LogP contribution is 2.44. The number of halogens is 2. The highest BCUT2D eigenvalue weighted by atomic mass is 19.3. The van der Waals surface area contributed by atoms with Gasteiger partial charge in [0.05, 0.1) is 29.0 Å². The minimum absolute atomic E-state index is 0.127. The van der Waals surface area contributed by atoms with Crippen LogP contribution in [0.5, 0.6) is 11.5 Å². The van der Waals surface area contributed by atoms with Crippen molar-refractivity contribution in [2.45, 2.75) is 33.6 Å². The van der Waals surface area contributed by atoms with E-state index in [9.17, 15) is 23.6 Å². The average Bonchev–Trinajstić information content (AvgIpc) is 3.44. The highest BCUT2D eigenvalue weighted by Gasteiger charge is 2.44. The molecule has 1 amide bonds. The number of alkyl halides is 2. The van der Waals surface area contributed by atoms with Crippen LogP contribution in [0.15, 0.2) is 51.9 Å². The van der Waals surface area contributed by atoms with Gasteiger partial charge in [-0.25, -0.2) is 4.68 Å². The molecule has 0 saturated heterocycles. The molecule has 2 aromatic heterocycles. The van der Waals surface area contributed by atoms with Crippen molar-refractivity contribution < 1.29 is 27.5 Å². The van der Waals surface area contributed by atoms with Gasteiger partial charge in [0, 0.05) is 18.2 Å². The van der Waals surface area contributed by atoms with Gasteiger partial charge >= 0.3 is 6.29 Å². The lowest BCUT2D eigenvalue weighted by atomic mass is 10.0. The highest BCUT2D eigenvalue weighted by molar-refractivity contribution is 5.95. The summed E-state index contributed by atoms with van der Waals surface area (Å²) in [6.07, 6.45) is -2.43. The SMILES string of the molecule is CCN(C(=O)Cn1nc(-c2cc(C)cc(C#N)c2)c2occc2c1=O)c1cc2c(cc1C)OC(F)(F)O2. The van der Waals surface area contributed by atoms with Gasteiger partial charge in [0.1, 0.15) is 12.2 Å². The van der Waals surface area contributed by atoms with E-state index in [1.807, 2.05) is 6.92 Å². The second kappa shape index (κ2) is 8.74. The molecule has 1 aliphatic rings. The van der Waals surface area contributed by atoms with Crippen LogP contribution in [-0.4, -0.2) is 28.5 Å². The number of carbonyl (C=O) groups is 1. The molecule has 188 valence electrons. The van der Waals surface area contributed by atoms with Crippen molar-refractivity contribution >= 4 is 22.6 Å². The van der Waals surface area contributed by atoms with E-state index in [1.165, 1.54) is 29.4 Å². The zero-order valence-electron chi connectivity index (χ0n) is 20.0. The summed E-state index contributed by atoms with van der Waals surface area (Å²) in [5.74, 6) is -0.818. The lowest BCUT2D eigenvalue weighted by Gasteiger charge is -2.23. The summed E-state index contributed by atoms with van der Waals surface area (Å²) in [5.41, 5.74) is 2.62. The number of anilines is 1.